The fraction of sp³-hybridized carbons (Fsp3) is 0.0566. The molecule has 56 heavy (non-hydrogen) atoms. The molecule has 0 radical (unpaired) electrons. The van der Waals surface area contributed by atoms with Gasteiger partial charge in [-0.25, -0.2) is 9.97 Å². The number of hydrogen-bond donors (Lipinski definition) is 0. The van der Waals surface area contributed by atoms with Gasteiger partial charge in [-0.3, -0.25) is 0 Å². The quantitative estimate of drug-likeness (QED) is 0.178. The number of benzene rings is 8. The van der Waals surface area contributed by atoms with E-state index in [2.05, 4.69) is 200 Å². The number of aromatic nitrogens is 3. The van der Waals surface area contributed by atoms with E-state index in [0.717, 1.165) is 50.4 Å². The van der Waals surface area contributed by atoms with Gasteiger partial charge < -0.3 is 4.57 Å². The summed E-state index contributed by atoms with van der Waals surface area (Å²) < 4.78 is 2.38. The van der Waals surface area contributed by atoms with E-state index in [1.54, 1.807) is 0 Å². The van der Waals surface area contributed by atoms with E-state index in [0.29, 0.717) is 5.82 Å². The largest absolute Gasteiger partial charge is 0.309 e. The van der Waals surface area contributed by atoms with Crippen LogP contribution in [0.1, 0.15) is 25.0 Å². The van der Waals surface area contributed by atoms with Crippen LogP contribution in [0.3, 0.4) is 0 Å². The van der Waals surface area contributed by atoms with Crippen molar-refractivity contribution in [1.29, 1.82) is 0 Å². The summed E-state index contributed by atoms with van der Waals surface area (Å²) in [6, 6.07) is 67.6. The van der Waals surface area contributed by atoms with Crippen LogP contribution in [-0.2, 0) is 5.41 Å². The van der Waals surface area contributed by atoms with Crippen molar-refractivity contribution in [2.45, 2.75) is 19.3 Å². The molecular formula is C53H37N3. The van der Waals surface area contributed by atoms with Gasteiger partial charge in [0.1, 0.15) is 0 Å². The Labute approximate surface area is 326 Å². The highest BCUT2D eigenvalue weighted by Gasteiger charge is 2.37. The molecule has 0 saturated carbocycles. The summed E-state index contributed by atoms with van der Waals surface area (Å²) in [5.74, 6) is 0.698. The number of rotatable bonds is 5. The maximum atomic E-state index is 5.38. The molecule has 264 valence electrons. The van der Waals surface area contributed by atoms with E-state index in [-0.39, 0.29) is 5.41 Å². The summed E-state index contributed by atoms with van der Waals surface area (Å²) in [5, 5.41) is 4.94. The molecule has 0 atom stereocenters. The van der Waals surface area contributed by atoms with E-state index in [1.165, 1.54) is 49.4 Å². The SMILES string of the molecule is CC1(C)c2cc3ccccc3cc2-c2c(-c3ccccc3-c3cc(-c4cccc5c6ccccc6n(-c6ccccc6)c45)nc(-c4ccccc4)n3)cccc21. The van der Waals surface area contributed by atoms with Gasteiger partial charge in [-0.2, -0.15) is 0 Å². The lowest BCUT2D eigenvalue weighted by molar-refractivity contribution is 0.661. The smallest absolute Gasteiger partial charge is 0.160 e. The van der Waals surface area contributed by atoms with Crippen molar-refractivity contribution in [3.05, 3.63) is 199 Å². The summed E-state index contributed by atoms with van der Waals surface area (Å²) in [6.45, 7) is 4.72. The van der Waals surface area contributed by atoms with E-state index in [1.807, 2.05) is 6.07 Å². The van der Waals surface area contributed by atoms with Crippen LogP contribution in [0.25, 0.3) is 94.4 Å². The molecule has 3 nitrogen and oxygen atoms in total. The van der Waals surface area contributed by atoms with E-state index in [4.69, 9.17) is 9.97 Å². The molecule has 10 aromatic rings. The van der Waals surface area contributed by atoms with Crippen molar-refractivity contribution < 1.29 is 0 Å². The van der Waals surface area contributed by atoms with Gasteiger partial charge in [0.25, 0.3) is 0 Å². The lowest BCUT2D eigenvalue weighted by atomic mass is 9.81. The molecular weight excluding hydrogens is 679 g/mol. The fourth-order valence-electron chi connectivity index (χ4n) is 9.15. The van der Waals surface area contributed by atoms with Gasteiger partial charge >= 0.3 is 0 Å². The van der Waals surface area contributed by atoms with Crippen molar-refractivity contribution in [3.63, 3.8) is 0 Å². The highest BCUT2D eigenvalue weighted by Crippen LogP contribution is 2.54. The standard InChI is InChI=1S/C53H37N3/c1-53(2)45-29-16-26-41(50(45)44-31-35-19-9-10-20-36(35)32-46(44)53)38-23-11-12-24-39(38)47-33-48(55-52(54-47)34-17-5-3-6-18-34)43-28-15-27-42-40-25-13-14-30-49(40)56(51(42)43)37-21-7-4-8-22-37/h3-33H,1-2H3. The normalized spacial score (nSPS) is 13.0. The number of nitrogens with zero attached hydrogens (tertiary/aromatic N) is 3. The topological polar surface area (TPSA) is 30.7 Å². The average Bonchev–Trinajstić information content (AvgIpc) is 3.71. The zero-order chi connectivity index (χ0) is 37.4. The lowest BCUT2D eigenvalue weighted by Gasteiger charge is -2.22. The molecule has 2 heterocycles. The third-order valence-corrected chi connectivity index (χ3v) is 11.8. The summed E-state index contributed by atoms with van der Waals surface area (Å²) in [4.78, 5) is 10.7. The summed E-state index contributed by atoms with van der Waals surface area (Å²) in [5.41, 5.74) is 15.8. The molecule has 0 N–H and O–H groups in total. The first-order chi connectivity index (χ1) is 27.5. The summed E-state index contributed by atoms with van der Waals surface area (Å²) in [6.07, 6.45) is 0. The fourth-order valence-corrected chi connectivity index (χ4v) is 9.15. The second kappa shape index (κ2) is 12.5. The second-order valence-electron chi connectivity index (χ2n) is 15.4. The van der Waals surface area contributed by atoms with Crippen LogP contribution < -0.4 is 0 Å². The van der Waals surface area contributed by atoms with Crippen molar-refractivity contribution in [1.82, 2.24) is 14.5 Å². The zero-order valence-corrected chi connectivity index (χ0v) is 31.2. The maximum Gasteiger partial charge on any atom is 0.160 e. The lowest BCUT2D eigenvalue weighted by Crippen LogP contribution is -2.14. The van der Waals surface area contributed by atoms with Crippen LogP contribution in [0.15, 0.2) is 188 Å². The highest BCUT2D eigenvalue weighted by atomic mass is 15.0. The first-order valence-electron chi connectivity index (χ1n) is 19.3. The average molecular weight is 716 g/mol. The minimum atomic E-state index is -0.141. The molecule has 1 aliphatic rings. The zero-order valence-electron chi connectivity index (χ0n) is 31.2. The molecule has 8 aromatic carbocycles. The predicted octanol–water partition coefficient (Wildman–Crippen LogP) is 13.7. The first kappa shape index (κ1) is 32.3. The molecule has 2 aromatic heterocycles. The van der Waals surface area contributed by atoms with Gasteiger partial charge in [0, 0.05) is 38.6 Å². The van der Waals surface area contributed by atoms with Gasteiger partial charge in [-0.1, -0.05) is 166 Å². The van der Waals surface area contributed by atoms with Crippen LogP contribution in [0, 0.1) is 0 Å². The second-order valence-corrected chi connectivity index (χ2v) is 15.4. The van der Waals surface area contributed by atoms with E-state index < -0.39 is 0 Å². The molecule has 0 bridgehead atoms. The highest BCUT2D eigenvalue weighted by molar-refractivity contribution is 6.13. The van der Waals surface area contributed by atoms with Gasteiger partial charge in [0.15, 0.2) is 5.82 Å². The Kier molecular flexibility index (Phi) is 7.20. The third kappa shape index (κ3) is 4.91. The molecule has 0 fully saturated rings. The predicted molar refractivity (Wildman–Crippen MR) is 233 cm³/mol. The first-order valence-corrected chi connectivity index (χ1v) is 19.3. The summed E-state index contributed by atoms with van der Waals surface area (Å²) in [7, 11) is 0. The Morgan fingerprint density at radius 1 is 0.429 bits per heavy atom. The number of para-hydroxylation sites is 3. The van der Waals surface area contributed by atoms with Crippen molar-refractivity contribution >= 4 is 32.6 Å². The number of hydrogen-bond acceptors (Lipinski definition) is 2. The van der Waals surface area contributed by atoms with Crippen LogP contribution in [0.5, 0.6) is 0 Å². The van der Waals surface area contributed by atoms with Gasteiger partial charge in [-0.05, 0) is 80.6 Å². The molecule has 0 amide bonds. The van der Waals surface area contributed by atoms with Crippen molar-refractivity contribution in [2.75, 3.05) is 0 Å². The Hall–Kier alpha value is -7.10. The van der Waals surface area contributed by atoms with Crippen molar-refractivity contribution in [2.24, 2.45) is 0 Å². The molecule has 3 heteroatoms. The van der Waals surface area contributed by atoms with E-state index >= 15 is 0 Å². The Bertz CT molecular complexity index is 3150. The van der Waals surface area contributed by atoms with Gasteiger partial charge in [0.2, 0.25) is 0 Å². The molecule has 0 spiro atoms. The van der Waals surface area contributed by atoms with Crippen molar-refractivity contribution in [3.8, 4) is 61.8 Å². The Morgan fingerprint density at radius 3 is 1.82 bits per heavy atom. The third-order valence-electron chi connectivity index (χ3n) is 11.8. The Morgan fingerprint density at radius 2 is 1.02 bits per heavy atom. The minimum Gasteiger partial charge on any atom is -0.309 e. The number of fused-ring (bicyclic) bond motifs is 7. The maximum absolute atomic E-state index is 5.38. The van der Waals surface area contributed by atoms with Gasteiger partial charge in [-0.15, -0.1) is 0 Å². The van der Waals surface area contributed by atoms with E-state index in [9.17, 15) is 0 Å². The Balaban J connectivity index is 1.18. The molecule has 11 rings (SSSR count). The molecule has 0 unspecified atom stereocenters. The van der Waals surface area contributed by atoms with Crippen LogP contribution in [0.2, 0.25) is 0 Å². The summed E-state index contributed by atoms with van der Waals surface area (Å²) >= 11 is 0. The molecule has 1 aliphatic carbocycles. The molecule has 0 aliphatic heterocycles. The minimum absolute atomic E-state index is 0.141. The molecule has 0 saturated heterocycles. The van der Waals surface area contributed by atoms with Crippen LogP contribution in [0.4, 0.5) is 0 Å². The van der Waals surface area contributed by atoms with Crippen LogP contribution in [-0.4, -0.2) is 14.5 Å². The monoisotopic (exact) mass is 715 g/mol. The van der Waals surface area contributed by atoms with Crippen LogP contribution >= 0.6 is 0 Å². The van der Waals surface area contributed by atoms with Gasteiger partial charge in [0.05, 0.1) is 22.4 Å².